The molecule has 0 heteroatoms. The summed E-state index contributed by atoms with van der Waals surface area (Å²) >= 11 is 0. The van der Waals surface area contributed by atoms with Gasteiger partial charge in [0.05, 0.1) is 0 Å². The van der Waals surface area contributed by atoms with Crippen molar-refractivity contribution >= 4 is 0 Å². The molecule has 0 radical (unpaired) electrons. The molecule has 1 aliphatic carbocycles. The minimum Gasteiger partial charge on any atom is -0.0874 e. The van der Waals surface area contributed by atoms with Gasteiger partial charge in [-0.3, -0.25) is 0 Å². The summed E-state index contributed by atoms with van der Waals surface area (Å²) in [6.07, 6.45) is 2.01. The highest BCUT2D eigenvalue weighted by Crippen LogP contribution is 2.11. The van der Waals surface area contributed by atoms with Crippen molar-refractivity contribution in [1.82, 2.24) is 0 Å². The Morgan fingerprint density at radius 2 is 1.38 bits per heavy atom. The Morgan fingerprint density at radius 3 is 1.62 bits per heavy atom. The van der Waals surface area contributed by atoms with Gasteiger partial charge in [0.2, 0.25) is 0 Å². The monoisotopic (exact) mass is 104 g/mol. The molecule has 0 aromatic carbocycles. The second kappa shape index (κ2) is 1.88. The molecule has 0 nitrogen and oxygen atoms in total. The highest BCUT2D eigenvalue weighted by molar-refractivity contribution is 5.39. The van der Waals surface area contributed by atoms with Crippen LogP contribution < -0.4 is 0 Å². The van der Waals surface area contributed by atoms with Gasteiger partial charge < -0.3 is 0 Å². The predicted octanol–water partition coefficient (Wildman–Crippen LogP) is 1.90. The van der Waals surface area contributed by atoms with Crippen LogP contribution in [0.25, 0.3) is 0 Å². The fourth-order valence-electron chi connectivity index (χ4n) is 0.604. The molecule has 0 spiro atoms. The Hall–Kier alpha value is -0.960. The van der Waals surface area contributed by atoms with Gasteiger partial charge >= 0.3 is 0 Å². The molecule has 1 rings (SSSR count). The van der Waals surface area contributed by atoms with Crippen LogP contribution in [0, 0.1) is 11.8 Å². The lowest BCUT2D eigenvalue weighted by Gasteiger charge is -2.01. The first-order chi connectivity index (χ1) is 3.79. The second-order valence-corrected chi connectivity index (χ2v) is 1.96. The topological polar surface area (TPSA) is 0 Å². The lowest BCUT2D eigenvalue weighted by Crippen LogP contribution is -1.86. The van der Waals surface area contributed by atoms with E-state index in [9.17, 15) is 0 Å². The quantitative estimate of drug-likeness (QED) is 0.412. The van der Waals surface area contributed by atoms with Crippen molar-refractivity contribution in [3.8, 4) is 11.8 Å². The first-order valence-corrected chi connectivity index (χ1v) is 2.66. The van der Waals surface area contributed by atoms with E-state index in [0.29, 0.717) is 0 Å². The van der Waals surface area contributed by atoms with E-state index in [4.69, 9.17) is 0 Å². The van der Waals surface area contributed by atoms with Crippen molar-refractivity contribution in [1.29, 1.82) is 0 Å². The second-order valence-electron chi connectivity index (χ2n) is 1.96. The number of allylic oxidation sites excluding steroid dienone is 2. The molecule has 40 valence electrons. The predicted molar refractivity (Wildman–Crippen MR) is 35.3 cm³/mol. The third-order valence-electron chi connectivity index (χ3n) is 1.14. The van der Waals surface area contributed by atoms with E-state index < -0.39 is 0 Å². The molecule has 0 aliphatic heterocycles. The summed E-state index contributed by atoms with van der Waals surface area (Å²) in [5, 5.41) is 0. The van der Waals surface area contributed by atoms with Crippen LogP contribution in [0.2, 0.25) is 0 Å². The van der Waals surface area contributed by atoms with Gasteiger partial charge in [-0.1, -0.05) is 25.0 Å². The van der Waals surface area contributed by atoms with E-state index in [-0.39, 0.29) is 0 Å². The van der Waals surface area contributed by atoms with Gasteiger partial charge in [-0.2, -0.15) is 0 Å². The molecule has 0 saturated carbocycles. The maximum Gasteiger partial charge on any atom is -0.00444 e. The Morgan fingerprint density at radius 1 is 1.00 bits per heavy atom. The Labute approximate surface area is 49.9 Å². The molecule has 0 aromatic heterocycles. The van der Waals surface area contributed by atoms with Crippen LogP contribution in [0.5, 0.6) is 0 Å². The maximum absolute atomic E-state index is 3.73. The molecular formula is C8H8. The first-order valence-electron chi connectivity index (χ1n) is 2.66. The standard InChI is InChI=1S/C8H8/c1-7-3-5-8(2)6-4-7/h1-3,5H2. The smallest absolute Gasteiger partial charge is 0.00444 e. The molecule has 0 saturated heterocycles. The van der Waals surface area contributed by atoms with Crippen molar-refractivity contribution in [3.05, 3.63) is 24.3 Å². The summed E-state index contributed by atoms with van der Waals surface area (Å²) in [7, 11) is 0. The van der Waals surface area contributed by atoms with Gasteiger partial charge in [0.1, 0.15) is 0 Å². The SMILES string of the molecule is C=C1C#CC(=C)CC1. The number of hydrogen-bond donors (Lipinski definition) is 0. The highest BCUT2D eigenvalue weighted by Gasteiger charge is 1.96. The molecule has 0 unspecified atom stereocenters. The molecule has 0 heterocycles. The summed E-state index contributed by atoms with van der Waals surface area (Å²) in [4.78, 5) is 0. The Kier molecular flexibility index (Phi) is 1.22. The molecule has 0 amide bonds. The van der Waals surface area contributed by atoms with Gasteiger partial charge in [-0.15, -0.1) is 0 Å². The molecule has 8 heavy (non-hydrogen) atoms. The molecule has 1 aliphatic rings. The summed E-state index contributed by atoms with van der Waals surface area (Å²) in [6.45, 7) is 7.47. The number of rotatable bonds is 0. The first kappa shape index (κ1) is 5.18. The fraction of sp³-hybridized carbons (Fsp3) is 0.250. The largest absolute Gasteiger partial charge is 0.0874 e. The molecule has 0 fully saturated rings. The van der Waals surface area contributed by atoms with E-state index >= 15 is 0 Å². The zero-order valence-electron chi connectivity index (χ0n) is 4.83. The van der Waals surface area contributed by atoms with E-state index in [1.165, 1.54) is 0 Å². The van der Waals surface area contributed by atoms with Crippen LogP contribution in [0.1, 0.15) is 12.8 Å². The van der Waals surface area contributed by atoms with Crippen LogP contribution in [0.3, 0.4) is 0 Å². The van der Waals surface area contributed by atoms with Crippen LogP contribution in [-0.4, -0.2) is 0 Å². The van der Waals surface area contributed by atoms with E-state index in [1.54, 1.807) is 0 Å². The van der Waals surface area contributed by atoms with Gasteiger partial charge in [0.25, 0.3) is 0 Å². The van der Waals surface area contributed by atoms with Crippen LogP contribution in [0.4, 0.5) is 0 Å². The average Bonchev–Trinajstić information content (AvgIpc) is 1.77. The van der Waals surface area contributed by atoms with Crippen molar-refractivity contribution in [2.24, 2.45) is 0 Å². The molecule has 0 aromatic rings. The third-order valence-corrected chi connectivity index (χ3v) is 1.14. The normalized spacial score (nSPS) is 17.5. The Balaban J connectivity index is 2.79. The lowest BCUT2D eigenvalue weighted by atomic mass is 10.0. The van der Waals surface area contributed by atoms with E-state index in [2.05, 4.69) is 25.0 Å². The van der Waals surface area contributed by atoms with Crippen molar-refractivity contribution in [2.75, 3.05) is 0 Å². The molecular weight excluding hydrogens is 96.1 g/mol. The molecule has 0 bridgehead atoms. The third kappa shape index (κ3) is 1.01. The zero-order chi connectivity index (χ0) is 5.98. The summed E-state index contributed by atoms with van der Waals surface area (Å²) in [5.74, 6) is 5.78. The van der Waals surface area contributed by atoms with Gasteiger partial charge in [-0.25, -0.2) is 0 Å². The van der Waals surface area contributed by atoms with Crippen LogP contribution >= 0.6 is 0 Å². The van der Waals surface area contributed by atoms with Gasteiger partial charge in [0.15, 0.2) is 0 Å². The molecule has 0 N–H and O–H groups in total. The zero-order valence-corrected chi connectivity index (χ0v) is 4.83. The number of hydrogen-bond acceptors (Lipinski definition) is 0. The highest BCUT2D eigenvalue weighted by atomic mass is 14.0. The summed E-state index contributed by atoms with van der Waals surface area (Å²) in [6, 6.07) is 0. The average molecular weight is 104 g/mol. The van der Waals surface area contributed by atoms with Gasteiger partial charge in [-0.05, 0) is 24.0 Å². The van der Waals surface area contributed by atoms with E-state index in [1.807, 2.05) is 0 Å². The lowest BCUT2D eigenvalue weighted by molar-refractivity contribution is 0.980. The van der Waals surface area contributed by atoms with Crippen molar-refractivity contribution in [3.63, 3.8) is 0 Å². The van der Waals surface area contributed by atoms with E-state index in [0.717, 1.165) is 24.0 Å². The van der Waals surface area contributed by atoms with Gasteiger partial charge in [0, 0.05) is 0 Å². The minimum atomic E-state index is 1.01. The Bertz CT molecular complexity index is 166. The molecule has 0 atom stereocenters. The maximum atomic E-state index is 3.73. The van der Waals surface area contributed by atoms with Crippen LogP contribution in [-0.2, 0) is 0 Å². The van der Waals surface area contributed by atoms with Crippen molar-refractivity contribution in [2.45, 2.75) is 12.8 Å². The van der Waals surface area contributed by atoms with Crippen LogP contribution in [0.15, 0.2) is 24.3 Å². The summed E-state index contributed by atoms with van der Waals surface area (Å²) in [5.41, 5.74) is 2.08. The summed E-state index contributed by atoms with van der Waals surface area (Å²) < 4.78 is 0. The van der Waals surface area contributed by atoms with Crippen molar-refractivity contribution < 1.29 is 0 Å². The fourth-order valence-corrected chi connectivity index (χ4v) is 0.604. The minimum absolute atomic E-state index is 1.01.